The average Bonchev–Trinajstić information content (AvgIpc) is 2.48. The predicted molar refractivity (Wildman–Crippen MR) is 78.2 cm³/mol. The Bertz CT molecular complexity index is 656. The van der Waals surface area contributed by atoms with Crippen LogP contribution in [0.3, 0.4) is 0 Å². The summed E-state index contributed by atoms with van der Waals surface area (Å²) < 4.78 is 0. The van der Waals surface area contributed by atoms with Crippen molar-refractivity contribution in [2.45, 2.75) is 13.5 Å². The molecule has 0 aliphatic carbocycles. The monoisotopic (exact) mass is 285 g/mol. The summed E-state index contributed by atoms with van der Waals surface area (Å²) >= 11 is 0. The molecule has 1 aromatic carbocycles. The predicted octanol–water partition coefficient (Wildman–Crippen LogP) is 2.41. The van der Waals surface area contributed by atoms with Crippen molar-refractivity contribution in [2.75, 3.05) is 5.32 Å². The molecule has 0 fully saturated rings. The first kappa shape index (κ1) is 14.5. The SMILES string of the molecule is Cc1cc(C(=O)O)ccc1NC(=O)NCc1cccnc1. The Kier molecular flexibility index (Phi) is 4.50. The van der Waals surface area contributed by atoms with E-state index in [-0.39, 0.29) is 11.6 Å². The molecular formula is C15H15N3O3. The van der Waals surface area contributed by atoms with Crippen LogP contribution >= 0.6 is 0 Å². The van der Waals surface area contributed by atoms with Gasteiger partial charge in [-0.05, 0) is 42.3 Å². The second-order valence-electron chi connectivity index (χ2n) is 4.50. The number of carboxylic acid groups (broad SMARTS) is 1. The normalized spacial score (nSPS) is 9.95. The van der Waals surface area contributed by atoms with E-state index in [0.717, 1.165) is 5.56 Å². The highest BCUT2D eigenvalue weighted by molar-refractivity contribution is 5.92. The third kappa shape index (κ3) is 4.04. The van der Waals surface area contributed by atoms with Crippen LogP contribution in [0.5, 0.6) is 0 Å². The molecule has 0 saturated carbocycles. The van der Waals surface area contributed by atoms with Gasteiger partial charge in [-0.1, -0.05) is 6.07 Å². The number of amides is 2. The molecule has 0 radical (unpaired) electrons. The van der Waals surface area contributed by atoms with Gasteiger partial charge in [0.05, 0.1) is 5.56 Å². The largest absolute Gasteiger partial charge is 0.478 e. The summed E-state index contributed by atoms with van der Waals surface area (Å²) in [5.41, 5.74) is 2.34. The molecule has 6 nitrogen and oxygen atoms in total. The lowest BCUT2D eigenvalue weighted by atomic mass is 10.1. The van der Waals surface area contributed by atoms with Crippen molar-refractivity contribution < 1.29 is 14.7 Å². The zero-order valence-electron chi connectivity index (χ0n) is 11.5. The minimum absolute atomic E-state index is 0.189. The summed E-state index contributed by atoms with van der Waals surface area (Å²) in [4.78, 5) is 26.6. The molecule has 1 heterocycles. The number of carboxylic acids is 1. The lowest BCUT2D eigenvalue weighted by Gasteiger charge is -2.10. The van der Waals surface area contributed by atoms with E-state index in [9.17, 15) is 9.59 Å². The van der Waals surface area contributed by atoms with Crippen LogP contribution in [0, 0.1) is 6.92 Å². The number of pyridine rings is 1. The maximum atomic E-state index is 11.8. The first-order valence-electron chi connectivity index (χ1n) is 6.34. The molecule has 0 unspecified atom stereocenters. The van der Waals surface area contributed by atoms with E-state index in [0.29, 0.717) is 17.8 Å². The van der Waals surface area contributed by atoms with Crippen molar-refractivity contribution >= 4 is 17.7 Å². The van der Waals surface area contributed by atoms with E-state index in [1.807, 2.05) is 6.07 Å². The third-order valence-electron chi connectivity index (χ3n) is 2.90. The van der Waals surface area contributed by atoms with Crippen molar-refractivity contribution in [3.05, 3.63) is 59.4 Å². The molecule has 0 spiro atoms. The number of hydrogen-bond donors (Lipinski definition) is 3. The Labute approximate surface area is 121 Å². The first-order valence-corrected chi connectivity index (χ1v) is 6.34. The van der Waals surface area contributed by atoms with E-state index < -0.39 is 5.97 Å². The van der Waals surface area contributed by atoms with Gasteiger partial charge >= 0.3 is 12.0 Å². The van der Waals surface area contributed by atoms with Gasteiger partial charge in [-0.2, -0.15) is 0 Å². The molecule has 2 amide bonds. The summed E-state index contributed by atoms with van der Waals surface area (Å²) in [7, 11) is 0. The molecule has 1 aromatic heterocycles. The molecule has 0 saturated heterocycles. The highest BCUT2D eigenvalue weighted by atomic mass is 16.4. The van der Waals surface area contributed by atoms with Crippen molar-refractivity contribution in [2.24, 2.45) is 0 Å². The molecule has 0 bridgehead atoms. The van der Waals surface area contributed by atoms with E-state index in [1.54, 1.807) is 31.5 Å². The first-order chi connectivity index (χ1) is 10.1. The Morgan fingerprint density at radius 1 is 1.29 bits per heavy atom. The molecule has 2 rings (SSSR count). The fourth-order valence-corrected chi connectivity index (χ4v) is 1.79. The molecule has 21 heavy (non-hydrogen) atoms. The van der Waals surface area contributed by atoms with Gasteiger partial charge in [0.15, 0.2) is 0 Å². The van der Waals surface area contributed by atoms with E-state index >= 15 is 0 Å². The van der Waals surface area contributed by atoms with Gasteiger partial charge in [0.25, 0.3) is 0 Å². The van der Waals surface area contributed by atoms with Gasteiger partial charge < -0.3 is 15.7 Å². The second-order valence-corrected chi connectivity index (χ2v) is 4.50. The fraction of sp³-hybridized carbons (Fsp3) is 0.133. The molecular weight excluding hydrogens is 270 g/mol. The fourth-order valence-electron chi connectivity index (χ4n) is 1.79. The van der Waals surface area contributed by atoms with Crippen molar-refractivity contribution in [3.8, 4) is 0 Å². The molecule has 108 valence electrons. The van der Waals surface area contributed by atoms with Gasteiger partial charge in [0.2, 0.25) is 0 Å². The zero-order chi connectivity index (χ0) is 15.2. The number of carbonyl (C=O) groups excluding carboxylic acids is 1. The minimum Gasteiger partial charge on any atom is -0.478 e. The lowest BCUT2D eigenvalue weighted by molar-refractivity contribution is 0.0697. The van der Waals surface area contributed by atoms with E-state index in [2.05, 4.69) is 15.6 Å². The van der Waals surface area contributed by atoms with Crippen LogP contribution in [0.1, 0.15) is 21.5 Å². The number of aromatic nitrogens is 1. The van der Waals surface area contributed by atoms with Gasteiger partial charge in [0, 0.05) is 24.6 Å². The van der Waals surface area contributed by atoms with Gasteiger partial charge in [-0.25, -0.2) is 9.59 Å². The molecule has 3 N–H and O–H groups in total. The van der Waals surface area contributed by atoms with Crippen LogP contribution in [-0.4, -0.2) is 22.1 Å². The number of benzene rings is 1. The van der Waals surface area contributed by atoms with Crippen LogP contribution in [0.25, 0.3) is 0 Å². The summed E-state index contributed by atoms with van der Waals surface area (Å²) in [5, 5.41) is 14.3. The summed E-state index contributed by atoms with van der Waals surface area (Å²) in [5.74, 6) is -0.995. The summed E-state index contributed by atoms with van der Waals surface area (Å²) in [6.45, 7) is 2.11. The Morgan fingerprint density at radius 2 is 2.10 bits per heavy atom. The molecule has 0 atom stereocenters. The van der Waals surface area contributed by atoms with Crippen LogP contribution in [0.4, 0.5) is 10.5 Å². The summed E-state index contributed by atoms with van der Waals surface area (Å²) in [6, 6.07) is 7.84. The quantitative estimate of drug-likeness (QED) is 0.804. The molecule has 0 aliphatic heterocycles. The van der Waals surface area contributed by atoms with Crippen LogP contribution in [0.2, 0.25) is 0 Å². The molecule has 6 heteroatoms. The molecule has 0 aliphatic rings. The maximum absolute atomic E-state index is 11.8. The van der Waals surface area contributed by atoms with Crippen molar-refractivity contribution in [1.29, 1.82) is 0 Å². The van der Waals surface area contributed by atoms with E-state index in [1.165, 1.54) is 12.1 Å². The van der Waals surface area contributed by atoms with Crippen LogP contribution in [0.15, 0.2) is 42.7 Å². The van der Waals surface area contributed by atoms with Crippen LogP contribution < -0.4 is 10.6 Å². The zero-order valence-corrected chi connectivity index (χ0v) is 11.5. The third-order valence-corrected chi connectivity index (χ3v) is 2.90. The second kappa shape index (κ2) is 6.51. The minimum atomic E-state index is -0.995. The number of hydrogen-bond acceptors (Lipinski definition) is 3. The number of aryl methyl sites for hydroxylation is 1. The number of nitrogens with one attached hydrogen (secondary N) is 2. The number of carbonyl (C=O) groups is 2. The van der Waals surface area contributed by atoms with Crippen molar-refractivity contribution in [1.82, 2.24) is 10.3 Å². The van der Waals surface area contributed by atoms with Crippen LogP contribution in [-0.2, 0) is 6.54 Å². The highest BCUT2D eigenvalue weighted by Gasteiger charge is 2.08. The van der Waals surface area contributed by atoms with Gasteiger partial charge in [-0.3, -0.25) is 4.98 Å². The summed E-state index contributed by atoms with van der Waals surface area (Å²) in [6.07, 6.45) is 3.34. The number of rotatable bonds is 4. The lowest BCUT2D eigenvalue weighted by Crippen LogP contribution is -2.28. The number of anilines is 1. The number of aromatic carboxylic acids is 1. The Hall–Kier alpha value is -2.89. The molecule has 2 aromatic rings. The smallest absolute Gasteiger partial charge is 0.335 e. The highest BCUT2D eigenvalue weighted by Crippen LogP contribution is 2.16. The number of urea groups is 1. The van der Waals surface area contributed by atoms with Gasteiger partial charge in [-0.15, -0.1) is 0 Å². The number of nitrogens with zero attached hydrogens (tertiary/aromatic N) is 1. The van der Waals surface area contributed by atoms with Crippen molar-refractivity contribution in [3.63, 3.8) is 0 Å². The Balaban J connectivity index is 1.95. The Morgan fingerprint density at radius 3 is 2.71 bits per heavy atom. The van der Waals surface area contributed by atoms with Gasteiger partial charge in [0.1, 0.15) is 0 Å². The topological polar surface area (TPSA) is 91.3 Å². The standard InChI is InChI=1S/C15H15N3O3/c1-10-7-12(14(19)20)4-5-13(10)18-15(21)17-9-11-3-2-6-16-8-11/h2-8H,9H2,1H3,(H,19,20)(H2,17,18,21). The average molecular weight is 285 g/mol. The van der Waals surface area contributed by atoms with E-state index in [4.69, 9.17) is 5.11 Å². The maximum Gasteiger partial charge on any atom is 0.335 e.